The van der Waals surface area contributed by atoms with Gasteiger partial charge in [-0.25, -0.2) is 0 Å². The Morgan fingerprint density at radius 1 is 1.45 bits per heavy atom. The van der Waals surface area contributed by atoms with Gasteiger partial charge < -0.3 is 4.74 Å². The highest BCUT2D eigenvalue weighted by Crippen LogP contribution is 2.33. The van der Waals surface area contributed by atoms with Gasteiger partial charge in [0.15, 0.2) is 0 Å². The van der Waals surface area contributed by atoms with Gasteiger partial charge >= 0.3 is 6.18 Å². The van der Waals surface area contributed by atoms with E-state index < -0.39 is 11.7 Å². The smallest absolute Gasteiger partial charge is 0.378 e. The molecule has 112 valence electrons. The molecule has 3 nitrogen and oxygen atoms in total. The van der Waals surface area contributed by atoms with Crippen LogP contribution in [-0.4, -0.2) is 12.7 Å². The molecule has 0 spiro atoms. The molecule has 1 aromatic carbocycles. The third-order valence-corrected chi connectivity index (χ3v) is 3.70. The van der Waals surface area contributed by atoms with Gasteiger partial charge in [0.1, 0.15) is 0 Å². The van der Waals surface area contributed by atoms with Crippen molar-refractivity contribution >= 4 is 0 Å². The van der Waals surface area contributed by atoms with Crippen LogP contribution in [0.3, 0.4) is 0 Å². The van der Waals surface area contributed by atoms with Crippen LogP contribution >= 0.6 is 0 Å². The van der Waals surface area contributed by atoms with Crippen LogP contribution in [-0.2, 0) is 10.9 Å². The second-order valence-electron chi connectivity index (χ2n) is 5.16. The molecular weight excluding hydrogens is 269 g/mol. The molecule has 3 N–H and O–H groups in total. The molecule has 0 bridgehead atoms. The molecule has 1 heterocycles. The van der Waals surface area contributed by atoms with Crippen LogP contribution in [0.25, 0.3) is 0 Å². The summed E-state index contributed by atoms with van der Waals surface area (Å²) in [6, 6.07) is 3.56. The predicted octanol–water partition coefficient (Wildman–Crippen LogP) is 3.09. The number of hydrazine groups is 1. The number of hydrogen-bond donors (Lipinski definition) is 2. The maximum Gasteiger partial charge on any atom is 0.416 e. The van der Waals surface area contributed by atoms with Crippen molar-refractivity contribution in [2.45, 2.75) is 44.5 Å². The average molecular weight is 288 g/mol. The lowest BCUT2D eigenvalue weighted by molar-refractivity contribution is -0.137. The quantitative estimate of drug-likeness (QED) is 0.661. The van der Waals surface area contributed by atoms with E-state index in [-0.39, 0.29) is 12.1 Å². The SMILES string of the molecule is Cc1cc(C(F)(F)F)ccc1C(CC1CCCO1)NN. The van der Waals surface area contributed by atoms with E-state index in [0.29, 0.717) is 12.0 Å². The summed E-state index contributed by atoms with van der Waals surface area (Å²) in [4.78, 5) is 0. The Morgan fingerprint density at radius 2 is 2.20 bits per heavy atom. The highest BCUT2D eigenvalue weighted by atomic mass is 19.4. The molecule has 6 heteroatoms. The van der Waals surface area contributed by atoms with E-state index in [1.165, 1.54) is 6.07 Å². The molecule has 0 radical (unpaired) electrons. The van der Waals surface area contributed by atoms with E-state index in [2.05, 4.69) is 5.43 Å². The molecule has 1 saturated heterocycles. The Bertz CT molecular complexity index is 456. The topological polar surface area (TPSA) is 47.3 Å². The van der Waals surface area contributed by atoms with Crippen molar-refractivity contribution in [2.24, 2.45) is 5.84 Å². The Kier molecular flexibility index (Phi) is 4.67. The fourth-order valence-corrected chi connectivity index (χ4v) is 2.62. The van der Waals surface area contributed by atoms with Crippen LogP contribution in [0.1, 0.15) is 42.0 Å². The largest absolute Gasteiger partial charge is 0.416 e. The molecule has 2 atom stereocenters. The molecule has 1 fully saturated rings. The number of nitrogens with one attached hydrogen (secondary N) is 1. The fraction of sp³-hybridized carbons (Fsp3) is 0.571. The van der Waals surface area contributed by atoms with Gasteiger partial charge in [-0.3, -0.25) is 11.3 Å². The maximum absolute atomic E-state index is 12.6. The predicted molar refractivity (Wildman–Crippen MR) is 69.8 cm³/mol. The number of alkyl halides is 3. The summed E-state index contributed by atoms with van der Waals surface area (Å²) in [5.41, 5.74) is 3.42. The zero-order valence-corrected chi connectivity index (χ0v) is 11.3. The lowest BCUT2D eigenvalue weighted by Crippen LogP contribution is -2.31. The second-order valence-corrected chi connectivity index (χ2v) is 5.16. The minimum absolute atomic E-state index is 0.123. The van der Waals surface area contributed by atoms with Gasteiger partial charge in [0.2, 0.25) is 0 Å². The third-order valence-electron chi connectivity index (χ3n) is 3.70. The van der Waals surface area contributed by atoms with Crippen molar-refractivity contribution in [1.82, 2.24) is 5.43 Å². The first-order valence-electron chi connectivity index (χ1n) is 6.67. The van der Waals surface area contributed by atoms with Crippen molar-refractivity contribution < 1.29 is 17.9 Å². The van der Waals surface area contributed by atoms with Crippen LogP contribution in [0, 0.1) is 6.92 Å². The first kappa shape index (κ1) is 15.3. The monoisotopic (exact) mass is 288 g/mol. The van der Waals surface area contributed by atoms with Crippen molar-refractivity contribution in [3.8, 4) is 0 Å². The standard InChI is InChI=1S/C14H19F3N2O/c1-9-7-10(14(15,16)17)4-5-12(9)13(19-18)8-11-3-2-6-20-11/h4-5,7,11,13,19H,2-3,6,8,18H2,1H3. The van der Waals surface area contributed by atoms with Gasteiger partial charge in [-0.2, -0.15) is 13.2 Å². The number of ether oxygens (including phenoxy) is 1. The first-order valence-corrected chi connectivity index (χ1v) is 6.67. The molecule has 1 aliphatic heterocycles. The van der Waals surface area contributed by atoms with E-state index in [9.17, 15) is 13.2 Å². The van der Waals surface area contributed by atoms with E-state index in [1.54, 1.807) is 6.92 Å². The molecule has 0 amide bonds. The van der Waals surface area contributed by atoms with Gasteiger partial charge in [0.05, 0.1) is 11.7 Å². The Labute approximate surface area is 116 Å². The average Bonchev–Trinajstić information content (AvgIpc) is 2.88. The van der Waals surface area contributed by atoms with Crippen molar-refractivity contribution in [3.63, 3.8) is 0 Å². The zero-order chi connectivity index (χ0) is 14.8. The number of nitrogens with two attached hydrogens (primary N) is 1. The minimum Gasteiger partial charge on any atom is -0.378 e. The summed E-state index contributed by atoms with van der Waals surface area (Å²) < 4.78 is 43.5. The molecule has 1 aromatic rings. The van der Waals surface area contributed by atoms with Crippen LogP contribution in [0.2, 0.25) is 0 Å². The summed E-state index contributed by atoms with van der Waals surface area (Å²) in [6.45, 7) is 2.42. The number of rotatable bonds is 4. The van der Waals surface area contributed by atoms with E-state index >= 15 is 0 Å². The number of halogens is 3. The molecule has 0 saturated carbocycles. The van der Waals surface area contributed by atoms with E-state index in [4.69, 9.17) is 10.6 Å². The number of benzene rings is 1. The lowest BCUT2D eigenvalue weighted by Gasteiger charge is -2.22. The van der Waals surface area contributed by atoms with Crippen LogP contribution in [0.15, 0.2) is 18.2 Å². The van der Waals surface area contributed by atoms with Crippen molar-refractivity contribution in [2.75, 3.05) is 6.61 Å². The van der Waals surface area contributed by atoms with Gasteiger partial charge in [0.25, 0.3) is 0 Å². The normalized spacial score (nSPS) is 21.1. The lowest BCUT2D eigenvalue weighted by atomic mass is 9.94. The molecule has 1 aliphatic rings. The molecular formula is C14H19F3N2O. The minimum atomic E-state index is -4.32. The summed E-state index contributed by atoms with van der Waals surface area (Å²) in [7, 11) is 0. The summed E-state index contributed by atoms with van der Waals surface area (Å²) in [6.07, 6.45) is -1.53. The second kappa shape index (κ2) is 6.11. The van der Waals surface area contributed by atoms with Gasteiger partial charge in [-0.05, 0) is 49.4 Å². The highest BCUT2D eigenvalue weighted by Gasteiger charge is 2.31. The molecule has 20 heavy (non-hydrogen) atoms. The zero-order valence-electron chi connectivity index (χ0n) is 11.3. The van der Waals surface area contributed by atoms with E-state index in [0.717, 1.165) is 37.1 Å². The van der Waals surface area contributed by atoms with Crippen molar-refractivity contribution in [3.05, 3.63) is 34.9 Å². The molecule has 0 aliphatic carbocycles. The highest BCUT2D eigenvalue weighted by molar-refractivity contribution is 5.34. The molecule has 0 aromatic heterocycles. The first-order chi connectivity index (χ1) is 9.41. The Morgan fingerprint density at radius 3 is 2.70 bits per heavy atom. The fourth-order valence-electron chi connectivity index (χ4n) is 2.62. The summed E-state index contributed by atoms with van der Waals surface area (Å²) >= 11 is 0. The maximum atomic E-state index is 12.6. The third kappa shape index (κ3) is 3.50. The summed E-state index contributed by atoms with van der Waals surface area (Å²) in [5.74, 6) is 5.55. The van der Waals surface area contributed by atoms with Crippen molar-refractivity contribution in [1.29, 1.82) is 0 Å². The number of aryl methyl sites for hydroxylation is 1. The van der Waals surface area contributed by atoms with Gasteiger partial charge in [0, 0.05) is 12.6 Å². The van der Waals surface area contributed by atoms with Crippen LogP contribution in [0.4, 0.5) is 13.2 Å². The molecule has 2 unspecified atom stereocenters. The van der Waals surface area contributed by atoms with E-state index in [1.807, 2.05) is 0 Å². The Hall–Kier alpha value is -1.11. The Balaban J connectivity index is 2.17. The van der Waals surface area contributed by atoms with Crippen LogP contribution < -0.4 is 11.3 Å². The van der Waals surface area contributed by atoms with Gasteiger partial charge in [-0.1, -0.05) is 6.07 Å². The van der Waals surface area contributed by atoms with Gasteiger partial charge in [-0.15, -0.1) is 0 Å². The number of hydrogen-bond acceptors (Lipinski definition) is 3. The summed E-state index contributed by atoms with van der Waals surface area (Å²) in [5, 5.41) is 0. The molecule has 2 rings (SSSR count). The van der Waals surface area contributed by atoms with Crippen LogP contribution in [0.5, 0.6) is 0 Å².